The molecule has 22 heavy (non-hydrogen) atoms. The summed E-state index contributed by atoms with van der Waals surface area (Å²) in [6.07, 6.45) is 7.78. The van der Waals surface area contributed by atoms with Crippen molar-refractivity contribution < 1.29 is 13.5 Å². The Morgan fingerprint density at radius 2 is 1.86 bits per heavy atom. The van der Waals surface area contributed by atoms with Gasteiger partial charge in [0.1, 0.15) is 11.1 Å². The van der Waals surface area contributed by atoms with Gasteiger partial charge in [0.15, 0.2) is 11.6 Å². The minimum absolute atomic E-state index is 0.0361. The van der Waals surface area contributed by atoms with Crippen molar-refractivity contribution in [1.29, 1.82) is 0 Å². The van der Waals surface area contributed by atoms with E-state index in [4.69, 9.17) is 9.15 Å². The molecule has 0 spiro atoms. The lowest BCUT2D eigenvalue weighted by Gasteiger charge is -2.06. The Balaban J connectivity index is 2.09. The number of ether oxygens (including phenoxy) is 1. The van der Waals surface area contributed by atoms with Crippen molar-refractivity contribution in [2.75, 3.05) is 7.11 Å². The highest BCUT2D eigenvalue weighted by Gasteiger charge is 2.13. The monoisotopic (exact) mass is 306 g/mol. The standard InChI is InChI=1S/C18H23FO3/c1-3-4-5-6-7-8-9-14-12-13-10-11-15(21-2)17(19)16(13)18(20)22-14/h10-12H,3-9H2,1-2H3. The first-order chi connectivity index (χ1) is 10.7. The van der Waals surface area contributed by atoms with Crippen LogP contribution in [0.15, 0.2) is 27.4 Å². The normalized spacial score (nSPS) is 11.0. The lowest BCUT2D eigenvalue weighted by atomic mass is 10.1. The highest BCUT2D eigenvalue weighted by Crippen LogP contribution is 2.24. The average molecular weight is 306 g/mol. The minimum Gasteiger partial charge on any atom is -0.494 e. The van der Waals surface area contributed by atoms with Crippen molar-refractivity contribution in [3.63, 3.8) is 0 Å². The van der Waals surface area contributed by atoms with E-state index >= 15 is 0 Å². The molecule has 0 aliphatic heterocycles. The van der Waals surface area contributed by atoms with Crippen LogP contribution in [-0.2, 0) is 6.42 Å². The Kier molecular flexibility index (Phi) is 5.99. The third-order valence-corrected chi connectivity index (χ3v) is 3.88. The van der Waals surface area contributed by atoms with E-state index in [9.17, 15) is 9.18 Å². The molecule has 1 aromatic heterocycles. The molecule has 1 heterocycles. The van der Waals surface area contributed by atoms with Crippen LogP contribution in [0, 0.1) is 5.82 Å². The molecule has 0 amide bonds. The summed E-state index contributed by atoms with van der Waals surface area (Å²) in [5.74, 6) is 0.0286. The molecule has 0 atom stereocenters. The van der Waals surface area contributed by atoms with Crippen LogP contribution in [0.4, 0.5) is 4.39 Å². The molecule has 1 aromatic carbocycles. The largest absolute Gasteiger partial charge is 0.494 e. The van der Waals surface area contributed by atoms with Crippen LogP contribution < -0.4 is 10.4 Å². The van der Waals surface area contributed by atoms with Crippen LogP contribution in [0.1, 0.15) is 51.2 Å². The van der Waals surface area contributed by atoms with Gasteiger partial charge in [0.2, 0.25) is 0 Å². The number of hydrogen-bond donors (Lipinski definition) is 0. The maximum Gasteiger partial charge on any atom is 0.346 e. The number of fused-ring (bicyclic) bond motifs is 1. The molecule has 0 bridgehead atoms. The molecule has 2 rings (SSSR count). The Hall–Kier alpha value is -1.84. The average Bonchev–Trinajstić information content (AvgIpc) is 2.51. The fraction of sp³-hybridized carbons (Fsp3) is 0.500. The third-order valence-electron chi connectivity index (χ3n) is 3.88. The molecule has 0 aliphatic rings. The zero-order chi connectivity index (χ0) is 15.9. The number of benzene rings is 1. The van der Waals surface area contributed by atoms with Crippen molar-refractivity contribution in [2.45, 2.75) is 51.9 Å². The Labute approximate surface area is 130 Å². The zero-order valence-electron chi connectivity index (χ0n) is 13.3. The van der Waals surface area contributed by atoms with Crippen LogP contribution in [-0.4, -0.2) is 7.11 Å². The molecule has 0 saturated heterocycles. The summed E-state index contributed by atoms with van der Waals surface area (Å²) in [6.45, 7) is 2.19. The van der Waals surface area contributed by atoms with Crippen LogP contribution in [0.25, 0.3) is 10.8 Å². The van der Waals surface area contributed by atoms with Gasteiger partial charge in [-0.25, -0.2) is 9.18 Å². The van der Waals surface area contributed by atoms with E-state index in [1.165, 1.54) is 38.9 Å². The molecule has 120 valence electrons. The van der Waals surface area contributed by atoms with E-state index in [0.717, 1.165) is 12.8 Å². The van der Waals surface area contributed by atoms with Crippen molar-refractivity contribution in [1.82, 2.24) is 0 Å². The smallest absolute Gasteiger partial charge is 0.346 e. The van der Waals surface area contributed by atoms with Gasteiger partial charge in [-0.1, -0.05) is 45.1 Å². The summed E-state index contributed by atoms with van der Waals surface area (Å²) < 4.78 is 24.2. The summed E-state index contributed by atoms with van der Waals surface area (Å²) in [4.78, 5) is 12.0. The predicted molar refractivity (Wildman–Crippen MR) is 86.1 cm³/mol. The molecule has 0 saturated carbocycles. The van der Waals surface area contributed by atoms with Gasteiger partial charge in [0, 0.05) is 6.42 Å². The first-order valence-electron chi connectivity index (χ1n) is 7.96. The Bertz CT molecular complexity index is 676. The maximum atomic E-state index is 14.1. The molecule has 3 nitrogen and oxygen atoms in total. The molecule has 0 aliphatic carbocycles. The molecule has 0 N–H and O–H groups in total. The van der Waals surface area contributed by atoms with Gasteiger partial charge >= 0.3 is 5.63 Å². The van der Waals surface area contributed by atoms with Gasteiger partial charge in [-0.05, 0) is 23.9 Å². The number of rotatable bonds is 8. The lowest BCUT2D eigenvalue weighted by molar-refractivity contribution is 0.387. The first-order valence-corrected chi connectivity index (χ1v) is 7.96. The SMILES string of the molecule is CCCCCCCCc1cc2ccc(OC)c(F)c2c(=O)o1. The quantitative estimate of drug-likeness (QED) is 0.655. The molecule has 2 aromatic rings. The third kappa shape index (κ3) is 3.87. The summed E-state index contributed by atoms with van der Waals surface area (Å²) in [7, 11) is 1.37. The zero-order valence-corrected chi connectivity index (χ0v) is 13.3. The fourth-order valence-electron chi connectivity index (χ4n) is 2.63. The van der Waals surface area contributed by atoms with Crippen molar-refractivity contribution in [3.05, 3.63) is 40.2 Å². The van der Waals surface area contributed by atoms with Gasteiger partial charge in [0.05, 0.1) is 7.11 Å². The van der Waals surface area contributed by atoms with Crippen LogP contribution in [0.2, 0.25) is 0 Å². The first kappa shape index (κ1) is 16.5. The summed E-state index contributed by atoms with van der Waals surface area (Å²) in [6, 6.07) is 4.98. The second kappa shape index (κ2) is 7.97. The minimum atomic E-state index is -0.653. The molecule has 0 fully saturated rings. The number of methoxy groups -OCH3 is 1. The highest BCUT2D eigenvalue weighted by molar-refractivity contribution is 5.83. The molecule has 4 heteroatoms. The predicted octanol–water partition coefficient (Wildman–Crippen LogP) is 4.84. The van der Waals surface area contributed by atoms with E-state index in [-0.39, 0.29) is 11.1 Å². The van der Waals surface area contributed by atoms with Gasteiger partial charge in [-0.2, -0.15) is 0 Å². The van der Waals surface area contributed by atoms with E-state index in [1.807, 2.05) is 0 Å². The summed E-state index contributed by atoms with van der Waals surface area (Å²) in [5, 5.41) is 0.529. The maximum absolute atomic E-state index is 14.1. The number of halogens is 1. The van der Waals surface area contributed by atoms with Gasteiger partial charge in [-0.15, -0.1) is 0 Å². The highest BCUT2D eigenvalue weighted by atomic mass is 19.1. The summed E-state index contributed by atoms with van der Waals surface area (Å²) in [5.41, 5.74) is -0.630. The van der Waals surface area contributed by atoms with Crippen LogP contribution in [0.3, 0.4) is 0 Å². The van der Waals surface area contributed by atoms with Gasteiger partial charge in [0.25, 0.3) is 0 Å². The Morgan fingerprint density at radius 1 is 1.14 bits per heavy atom. The number of aryl methyl sites for hydroxylation is 1. The molecule has 0 radical (unpaired) electrons. The molecular weight excluding hydrogens is 283 g/mol. The lowest BCUT2D eigenvalue weighted by Crippen LogP contribution is -2.05. The number of unbranched alkanes of at least 4 members (excludes halogenated alkanes) is 5. The van der Waals surface area contributed by atoms with Gasteiger partial charge in [-0.3, -0.25) is 0 Å². The summed E-state index contributed by atoms with van der Waals surface area (Å²) >= 11 is 0. The van der Waals surface area contributed by atoms with Crippen molar-refractivity contribution in [3.8, 4) is 5.75 Å². The van der Waals surface area contributed by atoms with E-state index in [2.05, 4.69) is 6.92 Å². The van der Waals surface area contributed by atoms with Crippen molar-refractivity contribution >= 4 is 10.8 Å². The molecular formula is C18H23FO3. The van der Waals surface area contributed by atoms with Gasteiger partial charge < -0.3 is 9.15 Å². The van der Waals surface area contributed by atoms with E-state index in [0.29, 0.717) is 17.6 Å². The molecule has 0 unspecified atom stereocenters. The number of hydrogen-bond acceptors (Lipinski definition) is 3. The second-order valence-corrected chi connectivity index (χ2v) is 5.56. The van der Waals surface area contributed by atoms with Crippen LogP contribution in [0.5, 0.6) is 5.75 Å². The fourth-order valence-corrected chi connectivity index (χ4v) is 2.63. The van der Waals surface area contributed by atoms with E-state index < -0.39 is 11.4 Å². The van der Waals surface area contributed by atoms with Crippen molar-refractivity contribution in [2.24, 2.45) is 0 Å². The Morgan fingerprint density at radius 3 is 2.59 bits per heavy atom. The van der Waals surface area contributed by atoms with E-state index in [1.54, 1.807) is 12.1 Å². The topological polar surface area (TPSA) is 39.4 Å². The second-order valence-electron chi connectivity index (χ2n) is 5.56. The van der Waals surface area contributed by atoms with Crippen LogP contribution >= 0.6 is 0 Å².